The van der Waals surface area contributed by atoms with E-state index in [9.17, 15) is 0 Å². The lowest BCUT2D eigenvalue weighted by Crippen LogP contribution is -1.97. The van der Waals surface area contributed by atoms with Crippen LogP contribution < -0.4 is 4.74 Å². The quantitative estimate of drug-likeness (QED) is 0.839. The van der Waals surface area contributed by atoms with Gasteiger partial charge in [0.25, 0.3) is 5.89 Å². The molecule has 0 saturated carbocycles. The second kappa shape index (κ2) is 5.19. The van der Waals surface area contributed by atoms with Crippen LogP contribution in [0.2, 0.25) is 5.02 Å². The molecule has 0 spiro atoms. The maximum absolute atomic E-state index is 5.89. The summed E-state index contributed by atoms with van der Waals surface area (Å²) in [6, 6.07) is 5.50. The van der Waals surface area contributed by atoms with Gasteiger partial charge in [0.15, 0.2) is 12.4 Å². The predicted molar refractivity (Wildman–Crippen MR) is 64.2 cm³/mol. The normalized spacial score (nSPS) is 10.5. The number of rotatable bonds is 4. The van der Waals surface area contributed by atoms with Crippen LogP contribution in [0.25, 0.3) is 0 Å². The lowest BCUT2D eigenvalue weighted by Gasteiger charge is -2.06. The Hall–Kier alpha value is -1.55. The Kier molecular flexibility index (Phi) is 3.64. The van der Waals surface area contributed by atoms with Crippen molar-refractivity contribution in [2.75, 3.05) is 0 Å². The summed E-state index contributed by atoms with van der Waals surface area (Å²) < 4.78 is 10.6. The van der Waals surface area contributed by atoms with Gasteiger partial charge in [-0.15, -0.1) is 0 Å². The van der Waals surface area contributed by atoms with E-state index in [-0.39, 0.29) is 6.61 Å². The third-order valence-corrected chi connectivity index (χ3v) is 2.56. The molecule has 0 N–H and O–H groups in total. The molecule has 1 heterocycles. The minimum absolute atomic E-state index is 0.258. The molecule has 1 aromatic carbocycles. The second-order valence-electron chi connectivity index (χ2n) is 3.66. The van der Waals surface area contributed by atoms with E-state index in [0.29, 0.717) is 16.7 Å². The Bertz CT molecular complexity index is 511. The zero-order chi connectivity index (χ0) is 12.3. The van der Waals surface area contributed by atoms with Gasteiger partial charge in [-0.25, -0.2) is 0 Å². The fraction of sp³-hybridized carbons (Fsp3) is 0.333. The molecule has 4 nitrogen and oxygen atoms in total. The van der Waals surface area contributed by atoms with Gasteiger partial charge in [-0.05, 0) is 24.6 Å². The van der Waals surface area contributed by atoms with Gasteiger partial charge in [0, 0.05) is 11.4 Å². The van der Waals surface area contributed by atoms with Gasteiger partial charge in [-0.2, -0.15) is 4.98 Å². The SMILES string of the molecule is CCc1noc(COc2cc(Cl)ccc2C)n1. The van der Waals surface area contributed by atoms with Crippen molar-refractivity contribution in [3.05, 3.63) is 40.5 Å². The van der Waals surface area contributed by atoms with E-state index >= 15 is 0 Å². The highest BCUT2D eigenvalue weighted by atomic mass is 35.5. The van der Waals surface area contributed by atoms with Crippen LogP contribution in [0.15, 0.2) is 22.7 Å². The first kappa shape index (κ1) is 11.9. The molecule has 0 radical (unpaired) electrons. The summed E-state index contributed by atoms with van der Waals surface area (Å²) in [4.78, 5) is 4.16. The largest absolute Gasteiger partial charge is 0.483 e. The lowest BCUT2D eigenvalue weighted by molar-refractivity contribution is 0.241. The molecule has 0 aliphatic rings. The molecule has 2 rings (SSSR count). The van der Waals surface area contributed by atoms with Crippen molar-refractivity contribution >= 4 is 11.6 Å². The van der Waals surface area contributed by atoms with E-state index in [2.05, 4.69) is 10.1 Å². The van der Waals surface area contributed by atoms with Gasteiger partial charge in [0.1, 0.15) is 5.75 Å². The summed E-state index contributed by atoms with van der Waals surface area (Å²) in [7, 11) is 0. The molecule has 0 aliphatic carbocycles. The Morgan fingerprint density at radius 2 is 2.24 bits per heavy atom. The minimum atomic E-state index is 0.258. The number of aromatic nitrogens is 2. The number of hydrogen-bond acceptors (Lipinski definition) is 4. The smallest absolute Gasteiger partial charge is 0.264 e. The van der Waals surface area contributed by atoms with Gasteiger partial charge in [-0.3, -0.25) is 0 Å². The maximum atomic E-state index is 5.89. The van der Waals surface area contributed by atoms with Crippen LogP contribution in [0, 0.1) is 6.92 Å². The van der Waals surface area contributed by atoms with Crippen molar-refractivity contribution in [3.8, 4) is 5.75 Å². The fourth-order valence-corrected chi connectivity index (χ4v) is 1.52. The van der Waals surface area contributed by atoms with Gasteiger partial charge < -0.3 is 9.26 Å². The molecule has 5 heteroatoms. The second-order valence-corrected chi connectivity index (χ2v) is 4.09. The highest BCUT2D eigenvalue weighted by Gasteiger charge is 2.07. The number of benzene rings is 1. The zero-order valence-electron chi connectivity index (χ0n) is 9.74. The molecule has 0 atom stereocenters. The third-order valence-electron chi connectivity index (χ3n) is 2.33. The van der Waals surface area contributed by atoms with Crippen LogP contribution in [0.3, 0.4) is 0 Å². The van der Waals surface area contributed by atoms with Crippen LogP contribution in [0.4, 0.5) is 0 Å². The molecular weight excluding hydrogens is 240 g/mol. The van der Waals surface area contributed by atoms with Crippen molar-refractivity contribution in [2.24, 2.45) is 0 Å². The number of ether oxygens (including phenoxy) is 1. The monoisotopic (exact) mass is 252 g/mol. The van der Waals surface area contributed by atoms with Crippen molar-refractivity contribution < 1.29 is 9.26 Å². The highest BCUT2D eigenvalue weighted by Crippen LogP contribution is 2.23. The van der Waals surface area contributed by atoms with Crippen LogP contribution in [-0.4, -0.2) is 10.1 Å². The van der Waals surface area contributed by atoms with Crippen LogP contribution in [0.5, 0.6) is 5.75 Å². The first-order chi connectivity index (χ1) is 8.19. The summed E-state index contributed by atoms with van der Waals surface area (Å²) in [5.41, 5.74) is 1.02. The fourth-order valence-electron chi connectivity index (χ4n) is 1.36. The van der Waals surface area contributed by atoms with Crippen LogP contribution in [0.1, 0.15) is 24.2 Å². The molecule has 0 saturated heterocycles. The molecule has 0 amide bonds. The lowest BCUT2D eigenvalue weighted by atomic mass is 10.2. The Balaban J connectivity index is 2.04. The number of hydrogen-bond donors (Lipinski definition) is 0. The average molecular weight is 253 g/mol. The van der Waals surface area contributed by atoms with Crippen molar-refractivity contribution in [3.63, 3.8) is 0 Å². The number of aryl methyl sites for hydroxylation is 2. The van der Waals surface area contributed by atoms with Gasteiger partial charge in [-0.1, -0.05) is 29.7 Å². The molecule has 0 unspecified atom stereocenters. The minimum Gasteiger partial charge on any atom is -0.483 e. The van der Waals surface area contributed by atoms with E-state index in [1.54, 1.807) is 6.07 Å². The first-order valence-electron chi connectivity index (χ1n) is 5.39. The summed E-state index contributed by atoms with van der Waals surface area (Å²) in [6.07, 6.45) is 0.750. The molecule has 0 bridgehead atoms. The first-order valence-corrected chi connectivity index (χ1v) is 5.77. The zero-order valence-corrected chi connectivity index (χ0v) is 10.5. The molecule has 2 aromatic rings. The topological polar surface area (TPSA) is 48.2 Å². The molecular formula is C12H13ClN2O2. The summed E-state index contributed by atoms with van der Waals surface area (Å²) in [5.74, 6) is 1.89. The molecule has 0 fully saturated rings. The van der Waals surface area contributed by atoms with E-state index in [1.807, 2.05) is 26.0 Å². The number of nitrogens with zero attached hydrogens (tertiary/aromatic N) is 2. The van der Waals surface area contributed by atoms with E-state index < -0.39 is 0 Å². The summed E-state index contributed by atoms with van der Waals surface area (Å²) >= 11 is 5.89. The molecule has 0 aliphatic heterocycles. The molecule has 90 valence electrons. The maximum Gasteiger partial charge on any atom is 0.264 e. The standard InChI is InChI=1S/C12H13ClN2O2/c1-3-11-14-12(17-15-11)7-16-10-6-9(13)5-4-8(10)2/h4-6H,3,7H2,1-2H3. The van der Waals surface area contributed by atoms with E-state index in [4.69, 9.17) is 20.9 Å². The highest BCUT2D eigenvalue weighted by molar-refractivity contribution is 6.30. The Labute approximate surface area is 105 Å². The van der Waals surface area contributed by atoms with Crippen molar-refractivity contribution in [2.45, 2.75) is 26.9 Å². The third kappa shape index (κ3) is 2.97. The van der Waals surface area contributed by atoms with Crippen LogP contribution >= 0.6 is 11.6 Å². The van der Waals surface area contributed by atoms with Gasteiger partial charge in [0.05, 0.1) is 0 Å². The summed E-state index contributed by atoms with van der Waals surface area (Å²) in [5, 5.41) is 4.44. The number of halogens is 1. The Morgan fingerprint density at radius 3 is 2.94 bits per heavy atom. The Morgan fingerprint density at radius 1 is 1.41 bits per heavy atom. The predicted octanol–water partition coefficient (Wildman–Crippen LogP) is 3.17. The van der Waals surface area contributed by atoms with Crippen molar-refractivity contribution in [1.82, 2.24) is 10.1 Å². The van der Waals surface area contributed by atoms with Gasteiger partial charge in [0.2, 0.25) is 0 Å². The molecule has 1 aromatic heterocycles. The summed E-state index contributed by atoms with van der Waals surface area (Å²) in [6.45, 7) is 4.18. The van der Waals surface area contributed by atoms with E-state index in [0.717, 1.165) is 17.7 Å². The molecule has 17 heavy (non-hydrogen) atoms. The van der Waals surface area contributed by atoms with Gasteiger partial charge >= 0.3 is 0 Å². The van der Waals surface area contributed by atoms with E-state index in [1.165, 1.54) is 0 Å². The van der Waals surface area contributed by atoms with Crippen LogP contribution in [-0.2, 0) is 13.0 Å². The van der Waals surface area contributed by atoms with Crippen molar-refractivity contribution in [1.29, 1.82) is 0 Å². The average Bonchev–Trinajstić information content (AvgIpc) is 2.78.